The lowest BCUT2D eigenvalue weighted by atomic mass is 10.1. The summed E-state index contributed by atoms with van der Waals surface area (Å²) in [6.45, 7) is 4.18. The number of ether oxygens (including phenoxy) is 1. The van der Waals surface area contributed by atoms with Crippen molar-refractivity contribution in [3.63, 3.8) is 0 Å². The Morgan fingerprint density at radius 3 is 2.68 bits per heavy atom. The molecule has 1 atom stereocenters. The van der Waals surface area contributed by atoms with E-state index >= 15 is 0 Å². The smallest absolute Gasteiger partial charge is 0.255 e. The van der Waals surface area contributed by atoms with Crippen LogP contribution in [-0.2, 0) is 16.6 Å². The molecule has 178 valence electrons. The van der Waals surface area contributed by atoms with E-state index in [1.807, 2.05) is 17.0 Å². The topological polar surface area (TPSA) is 110 Å². The molecule has 1 saturated heterocycles. The summed E-state index contributed by atoms with van der Waals surface area (Å²) in [5, 5.41) is 12.5. The summed E-state index contributed by atoms with van der Waals surface area (Å²) in [4.78, 5) is 34.9. The molecule has 1 amide bonds. The summed E-state index contributed by atoms with van der Waals surface area (Å²) in [6, 6.07) is 9.94. The summed E-state index contributed by atoms with van der Waals surface area (Å²) >= 11 is 0. The molecule has 0 saturated carbocycles. The number of halogens is 1. The maximum Gasteiger partial charge on any atom is 0.255 e. The third kappa shape index (κ3) is 4.97. The Morgan fingerprint density at radius 2 is 2.00 bits per heavy atom. The number of hydrogen-bond acceptors (Lipinski definition) is 7. The number of carbonyl (C=O) groups excluding carboxylic acids is 1. The predicted molar refractivity (Wildman–Crippen MR) is 125 cm³/mol. The normalized spacial score (nSPS) is 16.4. The van der Waals surface area contributed by atoms with E-state index in [-0.39, 0.29) is 22.9 Å². The number of carbonyl (C=O) groups is 1. The molecule has 4 rings (SSSR count). The Balaban J connectivity index is 1.56. The number of pyridine rings is 1. The van der Waals surface area contributed by atoms with Crippen LogP contribution in [0.3, 0.4) is 0 Å². The van der Waals surface area contributed by atoms with E-state index in [4.69, 9.17) is 4.74 Å². The van der Waals surface area contributed by atoms with Gasteiger partial charge in [0.2, 0.25) is 5.95 Å². The van der Waals surface area contributed by atoms with Gasteiger partial charge in [-0.25, -0.2) is 9.37 Å². The van der Waals surface area contributed by atoms with Gasteiger partial charge in [-0.15, -0.1) is 0 Å². The minimum atomic E-state index is -1.48. The highest BCUT2D eigenvalue weighted by atomic mass is 19.1. The quantitative estimate of drug-likeness (QED) is 0.592. The highest BCUT2D eigenvalue weighted by Gasteiger charge is 2.26. The van der Waals surface area contributed by atoms with Crippen molar-refractivity contribution in [2.75, 3.05) is 29.9 Å². The van der Waals surface area contributed by atoms with Crippen molar-refractivity contribution in [2.45, 2.75) is 25.6 Å². The van der Waals surface area contributed by atoms with Crippen LogP contribution in [-0.4, -0.2) is 50.8 Å². The van der Waals surface area contributed by atoms with Crippen molar-refractivity contribution in [3.05, 3.63) is 70.5 Å². The first-order chi connectivity index (χ1) is 16.1. The SMILES string of the molecule is Cn1c(N2CCO[C@@H](c3ccc(NC(=O)C(C)(C)O)cc3)C2)nc(-c2ccncc2F)cc1=O. The zero-order chi connectivity index (χ0) is 24.5. The molecule has 9 nitrogen and oxygen atoms in total. The average Bonchev–Trinajstić information content (AvgIpc) is 2.81. The van der Waals surface area contributed by atoms with Gasteiger partial charge in [0, 0.05) is 37.1 Å². The van der Waals surface area contributed by atoms with Crippen molar-refractivity contribution in [3.8, 4) is 11.3 Å². The summed E-state index contributed by atoms with van der Waals surface area (Å²) in [5.41, 5.74) is 0.107. The van der Waals surface area contributed by atoms with E-state index in [0.29, 0.717) is 31.3 Å². The summed E-state index contributed by atoms with van der Waals surface area (Å²) < 4.78 is 21.6. The van der Waals surface area contributed by atoms with Gasteiger partial charge in [0.05, 0.1) is 25.0 Å². The second kappa shape index (κ2) is 9.32. The van der Waals surface area contributed by atoms with Gasteiger partial charge in [0.25, 0.3) is 11.5 Å². The van der Waals surface area contributed by atoms with Gasteiger partial charge in [0.1, 0.15) is 11.7 Å². The fraction of sp³-hybridized carbons (Fsp3) is 0.333. The van der Waals surface area contributed by atoms with Crippen LogP contribution in [0.2, 0.25) is 0 Å². The molecule has 0 radical (unpaired) electrons. The van der Waals surface area contributed by atoms with Gasteiger partial charge in [-0.3, -0.25) is 19.1 Å². The Hall–Kier alpha value is -3.63. The van der Waals surface area contributed by atoms with Crippen LogP contribution in [0.1, 0.15) is 25.5 Å². The number of aromatic nitrogens is 3. The molecule has 0 bridgehead atoms. The molecule has 2 N–H and O–H groups in total. The summed E-state index contributed by atoms with van der Waals surface area (Å²) in [5.74, 6) is -0.634. The fourth-order valence-electron chi connectivity index (χ4n) is 3.63. The lowest BCUT2D eigenvalue weighted by Crippen LogP contribution is -2.41. The van der Waals surface area contributed by atoms with Crippen molar-refractivity contribution in [1.82, 2.24) is 14.5 Å². The molecule has 2 aromatic heterocycles. The van der Waals surface area contributed by atoms with Crippen LogP contribution in [0.4, 0.5) is 16.0 Å². The van der Waals surface area contributed by atoms with E-state index in [2.05, 4.69) is 15.3 Å². The second-order valence-corrected chi connectivity index (χ2v) is 8.63. The number of benzene rings is 1. The van der Waals surface area contributed by atoms with Crippen molar-refractivity contribution < 1.29 is 19.0 Å². The van der Waals surface area contributed by atoms with Gasteiger partial charge in [-0.1, -0.05) is 12.1 Å². The first-order valence-electron chi connectivity index (χ1n) is 10.8. The second-order valence-electron chi connectivity index (χ2n) is 8.63. The number of rotatable bonds is 5. The van der Waals surface area contributed by atoms with E-state index < -0.39 is 17.3 Å². The molecule has 3 aromatic rings. The van der Waals surface area contributed by atoms with Gasteiger partial charge in [0.15, 0.2) is 5.82 Å². The molecule has 1 fully saturated rings. The first kappa shape index (κ1) is 23.5. The Kier molecular flexibility index (Phi) is 6.45. The molecule has 0 aliphatic carbocycles. The molecule has 0 spiro atoms. The number of nitrogens with zero attached hydrogens (tertiary/aromatic N) is 4. The Labute approximate surface area is 195 Å². The predicted octanol–water partition coefficient (Wildman–Crippen LogP) is 2.27. The van der Waals surface area contributed by atoms with Crippen LogP contribution in [0, 0.1) is 5.82 Å². The first-order valence-corrected chi connectivity index (χ1v) is 10.8. The number of amides is 1. The Morgan fingerprint density at radius 1 is 1.26 bits per heavy atom. The molecular weight excluding hydrogens is 441 g/mol. The van der Waals surface area contributed by atoms with Gasteiger partial charge in [-0.2, -0.15) is 0 Å². The average molecular weight is 468 g/mol. The minimum Gasteiger partial charge on any atom is -0.381 e. The van der Waals surface area contributed by atoms with Crippen molar-refractivity contribution in [2.24, 2.45) is 7.05 Å². The van der Waals surface area contributed by atoms with Gasteiger partial charge >= 0.3 is 0 Å². The molecule has 0 unspecified atom stereocenters. The third-order valence-electron chi connectivity index (χ3n) is 5.60. The lowest BCUT2D eigenvalue weighted by molar-refractivity contribution is -0.130. The number of anilines is 2. The molecule has 1 aliphatic rings. The number of nitrogens with one attached hydrogen (secondary N) is 1. The molecule has 1 aliphatic heterocycles. The van der Waals surface area contributed by atoms with E-state index in [1.54, 1.807) is 19.2 Å². The lowest BCUT2D eigenvalue weighted by Gasteiger charge is -2.34. The third-order valence-corrected chi connectivity index (χ3v) is 5.60. The van der Waals surface area contributed by atoms with Crippen LogP contribution in [0.25, 0.3) is 11.3 Å². The number of aliphatic hydroxyl groups is 1. The van der Waals surface area contributed by atoms with Crippen LogP contribution >= 0.6 is 0 Å². The summed E-state index contributed by atoms with van der Waals surface area (Å²) in [7, 11) is 1.63. The fourth-order valence-corrected chi connectivity index (χ4v) is 3.63. The highest BCUT2D eigenvalue weighted by molar-refractivity contribution is 5.96. The maximum absolute atomic E-state index is 14.3. The molecule has 3 heterocycles. The zero-order valence-corrected chi connectivity index (χ0v) is 19.2. The number of hydrogen-bond donors (Lipinski definition) is 2. The molecule has 10 heteroatoms. The largest absolute Gasteiger partial charge is 0.381 e. The van der Waals surface area contributed by atoms with E-state index in [0.717, 1.165) is 11.8 Å². The Bertz CT molecular complexity index is 1250. The van der Waals surface area contributed by atoms with Gasteiger partial charge < -0.3 is 20.1 Å². The van der Waals surface area contributed by atoms with Crippen molar-refractivity contribution >= 4 is 17.5 Å². The molecule has 1 aromatic carbocycles. The monoisotopic (exact) mass is 467 g/mol. The van der Waals surface area contributed by atoms with Gasteiger partial charge in [-0.05, 0) is 37.6 Å². The van der Waals surface area contributed by atoms with E-state index in [9.17, 15) is 19.1 Å². The highest BCUT2D eigenvalue weighted by Crippen LogP contribution is 2.27. The molecular formula is C24H26FN5O4. The van der Waals surface area contributed by atoms with Crippen LogP contribution in [0.15, 0.2) is 53.6 Å². The van der Waals surface area contributed by atoms with E-state index in [1.165, 1.54) is 36.7 Å². The van der Waals surface area contributed by atoms with Crippen LogP contribution in [0.5, 0.6) is 0 Å². The standard InChI is InChI=1S/C24H26FN5O4/c1-24(2,33)22(32)27-16-6-4-15(5-7-16)20-14-30(10-11-34-20)23-28-19(12-21(31)29(23)3)17-8-9-26-13-18(17)25/h4-9,12-13,20,33H,10-11,14H2,1-3H3,(H,27,32)/t20-/m1/s1. The summed E-state index contributed by atoms with van der Waals surface area (Å²) in [6.07, 6.45) is 2.24. The number of morpholine rings is 1. The zero-order valence-electron chi connectivity index (χ0n) is 19.2. The maximum atomic E-state index is 14.3. The van der Waals surface area contributed by atoms with Crippen LogP contribution < -0.4 is 15.8 Å². The molecule has 34 heavy (non-hydrogen) atoms. The van der Waals surface area contributed by atoms with Crippen molar-refractivity contribution in [1.29, 1.82) is 0 Å². The minimum absolute atomic E-state index is 0.211.